The summed E-state index contributed by atoms with van der Waals surface area (Å²) in [6.45, 7) is 2.62. The second-order valence-electron chi connectivity index (χ2n) is 5.56. The third-order valence-electron chi connectivity index (χ3n) is 3.95. The minimum absolute atomic E-state index is 0.772. The molecular weight excluding hydrogens is 288 g/mol. The Labute approximate surface area is 134 Å². The molecule has 0 spiro atoms. The van der Waals surface area contributed by atoms with E-state index in [0.717, 1.165) is 48.8 Å². The van der Waals surface area contributed by atoms with Gasteiger partial charge in [-0.2, -0.15) is 0 Å². The molecule has 0 atom stereocenters. The summed E-state index contributed by atoms with van der Waals surface area (Å²) >= 11 is 0. The lowest BCUT2D eigenvalue weighted by molar-refractivity contribution is 0.240. The number of hydrogen-bond acceptors (Lipinski definition) is 6. The van der Waals surface area contributed by atoms with Crippen molar-refractivity contribution in [3.63, 3.8) is 0 Å². The maximum absolute atomic E-state index is 4.73. The smallest absolute Gasteiger partial charge is 0.159 e. The van der Waals surface area contributed by atoms with Crippen molar-refractivity contribution < 1.29 is 0 Å². The van der Waals surface area contributed by atoms with E-state index < -0.39 is 0 Å². The van der Waals surface area contributed by atoms with Gasteiger partial charge in [0.2, 0.25) is 0 Å². The van der Waals surface area contributed by atoms with Crippen LogP contribution in [0, 0.1) is 0 Å². The molecule has 0 N–H and O–H groups in total. The molecule has 0 aromatic carbocycles. The maximum Gasteiger partial charge on any atom is 0.159 e. The Morgan fingerprint density at radius 2 is 1.87 bits per heavy atom. The SMILES string of the molecule is c1cc(-c2ncc3c(n2)CCN(Cc2cnccn2)C3)ccn1. The van der Waals surface area contributed by atoms with Gasteiger partial charge in [-0.15, -0.1) is 0 Å². The zero-order chi connectivity index (χ0) is 15.5. The Bertz CT molecular complexity index is 791. The van der Waals surface area contributed by atoms with E-state index in [2.05, 4.69) is 24.8 Å². The Hall–Kier alpha value is -2.73. The molecule has 6 nitrogen and oxygen atoms in total. The van der Waals surface area contributed by atoms with Gasteiger partial charge < -0.3 is 0 Å². The fraction of sp³-hybridized carbons (Fsp3) is 0.235. The van der Waals surface area contributed by atoms with Crippen molar-refractivity contribution in [2.75, 3.05) is 6.54 Å². The van der Waals surface area contributed by atoms with Crippen LogP contribution in [0.15, 0.2) is 49.3 Å². The molecule has 4 rings (SSSR count). The summed E-state index contributed by atoms with van der Waals surface area (Å²) < 4.78 is 0. The van der Waals surface area contributed by atoms with Crippen LogP contribution in [-0.4, -0.2) is 36.4 Å². The quantitative estimate of drug-likeness (QED) is 0.736. The van der Waals surface area contributed by atoms with Gasteiger partial charge in [0, 0.05) is 74.4 Å². The monoisotopic (exact) mass is 304 g/mol. The lowest BCUT2D eigenvalue weighted by Crippen LogP contribution is -2.31. The Morgan fingerprint density at radius 3 is 2.70 bits per heavy atom. The number of pyridine rings is 1. The number of hydrogen-bond donors (Lipinski definition) is 0. The third kappa shape index (κ3) is 3.07. The molecule has 0 amide bonds. The first-order valence-electron chi connectivity index (χ1n) is 7.61. The van der Waals surface area contributed by atoms with Crippen LogP contribution in [0.5, 0.6) is 0 Å². The normalized spacial score (nSPS) is 14.4. The minimum atomic E-state index is 0.772. The van der Waals surface area contributed by atoms with Gasteiger partial charge in [-0.1, -0.05) is 0 Å². The number of fused-ring (bicyclic) bond motifs is 1. The zero-order valence-corrected chi connectivity index (χ0v) is 12.6. The fourth-order valence-electron chi connectivity index (χ4n) is 2.79. The van der Waals surface area contributed by atoms with Crippen molar-refractivity contribution in [2.45, 2.75) is 19.5 Å². The molecule has 23 heavy (non-hydrogen) atoms. The maximum atomic E-state index is 4.73. The molecule has 0 radical (unpaired) electrons. The molecule has 114 valence electrons. The van der Waals surface area contributed by atoms with Crippen molar-refractivity contribution in [2.24, 2.45) is 0 Å². The predicted molar refractivity (Wildman–Crippen MR) is 85.1 cm³/mol. The second-order valence-corrected chi connectivity index (χ2v) is 5.56. The van der Waals surface area contributed by atoms with Crippen molar-refractivity contribution in [1.82, 2.24) is 29.8 Å². The van der Waals surface area contributed by atoms with E-state index >= 15 is 0 Å². The topological polar surface area (TPSA) is 67.7 Å². The van der Waals surface area contributed by atoms with Crippen LogP contribution in [0.4, 0.5) is 0 Å². The summed E-state index contributed by atoms with van der Waals surface area (Å²) in [5.74, 6) is 0.772. The fourth-order valence-corrected chi connectivity index (χ4v) is 2.79. The lowest BCUT2D eigenvalue weighted by atomic mass is 10.1. The van der Waals surface area contributed by atoms with E-state index in [1.165, 1.54) is 5.56 Å². The highest BCUT2D eigenvalue weighted by atomic mass is 15.1. The molecule has 1 aliphatic heterocycles. The molecule has 0 aliphatic carbocycles. The molecule has 6 heteroatoms. The van der Waals surface area contributed by atoms with Gasteiger partial charge >= 0.3 is 0 Å². The second kappa shape index (κ2) is 6.18. The van der Waals surface area contributed by atoms with Crippen LogP contribution in [-0.2, 0) is 19.5 Å². The van der Waals surface area contributed by atoms with Gasteiger partial charge in [0.25, 0.3) is 0 Å². The first kappa shape index (κ1) is 13.9. The molecular formula is C17H16N6. The third-order valence-corrected chi connectivity index (χ3v) is 3.95. The van der Waals surface area contributed by atoms with Crippen LogP contribution in [0.1, 0.15) is 17.0 Å². The van der Waals surface area contributed by atoms with Gasteiger partial charge in [-0.25, -0.2) is 9.97 Å². The zero-order valence-electron chi connectivity index (χ0n) is 12.6. The van der Waals surface area contributed by atoms with Crippen LogP contribution >= 0.6 is 0 Å². The highest BCUT2D eigenvalue weighted by Gasteiger charge is 2.19. The highest BCUT2D eigenvalue weighted by molar-refractivity contribution is 5.54. The summed E-state index contributed by atoms with van der Waals surface area (Å²) in [5, 5.41) is 0. The molecule has 1 aliphatic rings. The number of aromatic nitrogens is 5. The van der Waals surface area contributed by atoms with E-state index in [1.54, 1.807) is 24.8 Å². The van der Waals surface area contributed by atoms with E-state index in [4.69, 9.17) is 4.98 Å². The summed E-state index contributed by atoms with van der Waals surface area (Å²) in [7, 11) is 0. The van der Waals surface area contributed by atoms with Crippen LogP contribution in [0.25, 0.3) is 11.4 Å². The van der Waals surface area contributed by atoms with E-state index in [0.29, 0.717) is 0 Å². The molecule has 4 heterocycles. The Balaban J connectivity index is 1.52. The molecule has 0 saturated heterocycles. The average Bonchev–Trinajstić information content (AvgIpc) is 2.63. The van der Waals surface area contributed by atoms with Crippen molar-refractivity contribution >= 4 is 0 Å². The standard InChI is InChI=1S/C17H16N6/c1-4-18-5-2-13(1)17-21-9-14-11-23(8-3-16(14)22-17)12-15-10-19-6-7-20-15/h1-2,4-7,9-10H,3,8,11-12H2. The minimum Gasteiger partial charge on any atom is -0.293 e. The van der Waals surface area contributed by atoms with Crippen molar-refractivity contribution in [1.29, 1.82) is 0 Å². The van der Waals surface area contributed by atoms with Gasteiger partial charge in [0.15, 0.2) is 5.82 Å². The van der Waals surface area contributed by atoms with Gasteiger partial charge in [-0.3, -0.25) is 19.9 Å². The molecule has 3 aromatic rings. The summed E-state index contributed by atoms with van der Waals surface area (Å²) in [5.41, 5.74) is 4.33. The number of rotatable bonds is 3. The molecule has 0 saturated carbocycles. The average molecular weight is 304 g/mol. The van der Waals surface area contributed by atoms with E-state index in [1.807, 2.05) is 24.5 Å². The molecule has 0 unspecified atom stereocenters. The summed E-state index contributed by atoms with van der Waals surface area (Å²) in [4.78, 5) is 24.1. The molecule has 0 bridgehead atoms. The molecule has 0 fully saturated rings. The van der Waals surface area contributed by atoms with Gasteiger partial charge in [-0.05, 0) is 12.1 Å². The van der Waals surface area contributed by atoms with E-state index in [9.17, 15) is 0 Å². The largest absolute Gasteiger partial charge is 0.293 e. The van der Waals surface area contributed by atoms with Gasteiger partial charge in [0.05, 0.1) is 11.4 Å². The van der Waals surface area contributed by atoms with Crippen molar-refractivity contribution in [3.05, 3.63) is 66.3 Å². The van der Waals surface area contributed by atoms with Crippen LogP contribution < -0.4 is 0 Å². The first-order valence-corrected chi connectivity index (χ1v) is 7.61. The van der Waals surface area contributed by atoms with E-state index in [-0.39, 0.29) is 0 Å². The lowest BCUT2D eigenvalue weighted by Gasteiger charge is -2.27. The number of nitrogens with zero attached hydrogens (tertiary/aromatic N) is 6. The first-order chi connectivity index (χ1) is 11.4. The van der Waals surface area contributed by atoms with Crippen LogP contribution in [0.3, 0.4) is 0 Å². The Morgan fingerprint density at radius 1 is 0.957 bits per heavy atom. The summed E-state index contributed by atoms with van der Waals surface area (Å²) in [6.07, 6.45) is 11.7. The highest BCUT2D eigenvalue weighted by Crippen LogP contribution is 2.21. The van der Waals surface area contributed by atoms with Crippen molar-refractivity contribution in [3.8, 4) is 11.4 Å². The summed E-state index contributed by atoms with van der Waals surface area (Å²) in [6, 6.07) is 3.87. The Kier molecular flexibility index (Phi) is 3.73. The predicted octanol–water partition coefficient (Wildman–Crippen LogP) is 1.89. The molecule has 3 aromatic heterocycles. The van der Waals surface area contributed by atoms with Gasteiger partial charge in [0.1, 0.15) is 0 Å². The van der Waals surface area contributed by atoms with Crippen LogP contribution in [0.2, 0.25) is 0 Å².